The van der Waals surface area contributed by atoms with Gasteiger partial charge < -0.3 is 5.32 Å². The molecule has 1 aromatic carbocycles. The number of nitrogens with one attached hydrogen (secondary N) is 1. The Labute approximate surface area is 163 Å². The van der Waals surface area contributed by atoms with E-state index in [-0.39, 0.29) is 12.5 Å². The molecule has 5 nitrogen and oxygen atoms in total. The number of hydrogen-bond donors (Lipinski definition) is 1. The minimum Gasteiger partial charge on any atom is -0.356 e. The monoisotopic (exact) mass is 402 g/mol. The van der Waals surface area contributed by atoms with E-state index in [2.05, 4.69) is 19.2 Å². The molecule has 0 heterocycles. The fraction of sp³-hybridized carbons (Fsp3) is 0.632. The summed E-state index contributed by atoms with van der Waals surface area (Å²) in [6, 6.07) is 6.65. The molecule has 0 saturated carbocycles. The van der Waals surface area contributed by atoms with Crippen LogP contribution in [-0.2, 0) is 14.8 Å². The molecule has 0 bridgehead atoms. The van der Waals surface area contributed by atoms with E-state index in [0.29, 0.717) is 36.0 Å². The van der Waals surface area contributed by atoms with Gasteiger partial charge in [0.2, 0.25) is 15.9 Å². The lowest BCUT2D eigenvalue weighted by molar-refractivity contribution is -0.121. The molecule has 1 rings (SSSR count). The standard InChI is InChI=1S/C19H31ClN2O3S/c1-4-6-8-16(5-2)15-21-19(23)9-7-14-22(26(3,24)25)18-12-10-17(20)11-13-18/h10-13,16H,4-9,14-15H2,1-3H3,(H,21,23)/t16-/m1/s1. The number of rotatable bonds is 12. The van der Waals surface area contributed by atoms with Crippen LogP contribution in [0.3, 0.4) is 0 Å². The van der Waals surface area contributed by atoms with E-state index in [1.165, 1.54) is 17.0 Å². The van der Waals surface area contributed by atoms with Gasteiger partial charge in [-0.15, -0.1) is 0 Å². The molecule has 1 amide bonds. The molecule has 0 saturated heterocycles. The van der Waals surface area contributed by atoms with E-state index in [1.807, 2.05) is 0 Å². The van der Waals surface area contributed by atoms with Crippen LogP contribution in [0, 0.1) is 5.92 Å². The number of hydrogen-bond acceptors (Lipinski definition) is 3. The Balaban J connectivity index is 2.49. The van der Waals surface area contributed by atoms with Gasteiger partial charge in [-0.3, -0.25) is 9.10 Å². The first kappa shape index (κ1) is 22.8. The van der Waals surface area contributed by atoms with Gasteiger partial charge >= 0.3 is 0 Å². The van der Waals surface area contributed by atoms with E-state index in [4.69, 9.17) is 11.6 Å². The predicted molar refractivity (Wildman–Crippen MR) is 109 cm³/mol. The Hall–Kier alpha value is -1.27. The summed E-state index contributed by atoms with van der Waals surface area (Å²) in [6.07, 6.45) is 6.47. The highest BCUT2D eigenvalue weighted by molar-refractivity contribution is 7.92. The fourth-order valence-electron chi connectivity index (χ4n) is 2.77. The molecule has 1 N–H and O–H groups in total. The lowest BCUT2D eigenvalue weighted by Gasteiger charge is -2.22. The van der Waals surface area contributed by atoms with Crippen molar-refractivity contribution in [3.63, 3.8) is 0 Å². The van der Waals surface area contributed by atoms with Crippen LogP contribution in [0.25, 0.3) is 0 Å². The predicted octanol–water partition coefficient (Wildman–Crippen LogP) is 4.22. The second-order valence-electron chi connectivity index (χ2n) is 6.64. The van der Waals surface area contributed by atoms with E-state index in [0.717, 1.165) is 19.3 Å². The largest absolute Gasteiger partial charge is 0.356 e. The third-order valence-electron chi connectivity index (χ3n) is 4.41. The van der Waals surface area contributed by atoms with Gasteiger partial charge in [0.1, 0.15) is 0 Å². The lowest BCUT2D eigenvalue weighted by Crippen LogP contribution is -2.33. The first-order chi connectivity index (χ1) is 12.3. The number of anilines is 1. The van der Waals surface area contributed by atoms with Crippen LogP contribution in [0.1, 0.15) is 52.4 Å². The third kappa shape index (κ3) is 8.41. The summed E-state index contributed by atoms with van der Waals surface area (Å²) >= 11 is 5.86. The molecule has 1 aromatic rings. The van der Waals surface area contributed by atoms with Crippen molar-refractivity contribution in [3.8, 4) is 0 Å². The lowest BCUT2D eigenvalue weighted by atomic mass is 9.99. The van der Waals surface area contributed by atoms with Crippen molar-refractivity contribution in [1.82, 2.24) is 5.32 Å². The number of unbranched alkanes of at least 4 members (excludes halogenated alkanes) is 1. The minimum atomic E-state index is -3.41. The van der Waals surface area contributed by atoms with Crippen molar-refractivity contribution in [2.24, 2.45) is 5.92 Å². The maximum Gasteiger partial charge on any atom is 0.232 e. The van der Waals surface area contributed by atoms with Crippen LogP contribution in [0.2, 0.25) is 5.02 Å². The molecule has 26 heavy (non-hydrogen) atoms. The molecular formula is C19H31ClN2O3S. The highest BCUT2D eigenvalue weighted by atomic mass is 35.5. The number of carbonyl (C=O) groups is 1. The number of sulfonamides is 1. The molecular weight excluding hydrogens is 372 g/mol. The van der Waals surface area contributed by atoms with Gasteiger partial charge in [-0.25, -0.2) is 8.42 Å². The molecule has 0 spiro atoms. The molecule has 0 fully saturated rings. The molecule has 0 aliphatic rings. The summed E-state index contributed by atoms with van der Waals surface area (Å²) in [6.45, 7) is 5.27. The van der Waals surface area contributed by atoms with Gasteiger partial charge in [0.25, 0.3) is 0 Å². The van der Waals surface area contributed by atoms with Gasteiger partial charge in [0.05, 0.1) is 11.9 Å². The fourth-order valence-corrected chi connectivity index (χ4v) is 3.86. The summed E-state index contributed by atoms with van der Waals surface area (Å²) in [5.74, 6) is 0.491. The van der Waals surface area contributed by atoms with Gasteiger partial charge in [-0.05, 0) is 43.0 Å². The van der Waals surface area contributed by atoms with Crippen molar-refractivity contribution in [2.75, 3.05) is 23.7 Å². The summed E-state index contributed by atoms with van der Waals surface area (Å²) in [5, 5.41) is 3.53. The zero-order valence-electron chi connectivity index (χ0n) is 16.0. The van der Waals surface area contributed by atoms with Crippen molar-refractivity contribution >= 4 is 33.2 Å². The first-order valence-corrected chi connectivity index (χ1v) is 11.5. The summed E-state index contributed by atoms with van der Waals surface area (Å²) < 4.78 is 25.4. The topological polar surface area (TPSA) is 66.5 Å². The number of carbonyl (C=O) groups excluding carboxylic acids is 1. The number of amides is 1. The molecule has 0 radical (unpaired) electrons. The Bertz CT molecular complexity index is 647. The molecule has 1 atom stereocenters. The van der Waals surface area contributed by atoms with Crippen LogP contribution in [0.4, 0.5) is 5.69 Å². The summed E-state index contributed by atoms with van der Waals surface area (Å²) in [5.41, 5.74) is 0.558. The quantitative estimate of drug-likeness (QED) is 0.569. The molecule has 0 aromatic heterocycles. The van der Waals surface area contributed by atoms with Gasteiger partial charge in [-0.1, -0.05) is 44.7 Å². The SMILES string of the molecule is CCCC[C@@H](CC)CNC(=O)CCCN(c1ccc(Cl)cc1)S(C)(=O)=O. The molecule has 148 valence electrons. The summed E-state index contributed by atoms with van der Waals surface area (Å²) in [4.78, 5) is 12.1. The molecule has 7 heteroatoms. The maximum atomic E-state index is 12.1. The molecule has 0 aliphatic carbocycles. The second kappa shape index (κ2) is 11.4. The average Bonchev–Trinajstić information content (AvgIpc) is 2.59. The van der Waals surface area contributed by atoms with Gasteiger partial charge in [0, 0.05) is 24.5 Å². The zero-order valence-corrected chi connectivity index (χ0v) is 17.6. The van der Waals surface area contributed by atoms with E-state index in [9.17, 15) is 13.2 Å². The van der Waals surface area contributed by atoms with E-state index < -0.39 is 10.0 Å². The number of nitrogens with zero attached hydrogens (tertiary/aromatic N) is 1. The Morgan fingerprint density at radius 3 is 2.38 bits per heavy atom. The Morgan fingerprint density at radius 2 is 1.85 bits per heavy atom. The summed E-state index contributed by atoms with van der Waals surface area (Å²) in [7, 11) is -3.41. The molecule has 0 aliphatic heterocycles. The van der Waals surface area contributed by atoms with Crippen molar-refractivity contribution < 1.29 is 13.2 Å². The second-order valence-corrected chi connectivity index (χ2v) is 8.98. The van der Waals surface area contributed by atoms with Crippen LogP contribution in [-0.4, -0.2) is 33.7 Å². The van der Waals surface area contributed by atoms with Crippen LogP contribution < -0.4 is 9.62 Å². The number of halogens is 1. The average molecular weight is 403 g/mol. The smallest absolute Gasteiger partial charge is 0.232 e. The van der Waals surface area contributed by atoms with Crippen molar-refractivity contribution in [2.45, 2.75) is 52.4 Å². The minimum absolute atomic E-state index is 0.0236. The Kier molecular flexibility index (Phi) is 10.0. The van der Waals surface area contributed by atoms with Crippen LogP contribution >= 0.6 is 11.6 Å². The molecule has 0 unspecified atom stereocenters. The first-order valence-electron chi connectivity index (χ1n) is 9.27. The van der Waals surface area contributed by atoms with E-state index >= 15 is 0 Å². The number of benzene rings is 1. The normalized spacial score (nSPS) is 12.6. The van der Waals surface area contributed by atoms with Gasteiger partial charge in [0.15, 0.2) is 0 Å². The highest BCUT2D eigenvalue weighted by Gasteiger charge is 2.17. The van der Waals surface area contributed by atoms with E-state index in [1.54, 1.807) is 24.3 Å². The zero-order chi connectivity index (χ0) is 19.6. The third-order valence-corrected chi connectivity index (χ3v) is 5.86. The van der Waals surface area contributed by atoms with Crippen molar-refractivity contribution in [3.05, 3.63) is 29.3 Å². The van der Waals surface area contributed by atoms with Crippen LogP contribution in [0.5, 0.6) is 0 Å². The Morgan fingerprint density at radius 1 is 1.19 bits per heavy atom. The highest BCUT2D eigenvalue weighted by Crippen LogP contribution is 2.21. The van der Waals surface area contributed by atoms with Crippen LogP contribution in [0.15, 0.2) is 24.3 Å². The maximum absolute atomic E-state index is 12.1. The van der Waals surface area contributed by atoms with Crippen molar-refractivity contribution in [1.29, 1.82) is 0 Å². The van der Waals surface area contributed by atoms with Gasteiger partial charge in [-0.2, -0.15) is 0 Å².